The Kier molecular flexibility index (Phi) is 17.4. The number of hydrogen-bond acceptors (Lipinski definition) is 3. The van der Waals surface area contributed by atoms with Crippen LogP contribution in [0, 0.1) is 0 Å². The van der Waals surface area contributed by atoms with Crippen LogP contribution < -0.4 is 19.3 Å². The monoisotopic (exact) mass is 644 g/mol. The van der Waals surface area contributed by atoms with E-state index in [0.29, 0.717) is 0 Å². The van der Waals surface area contributed by atoms with Gasteiger partial charge in [0.2, 0.25) is 0 Å². The summed E-state index contributed by atoms with van der Waals surface area (Å²) < 4.78 is 13.6. The number of ether oxygens (including phenoxy) is 2. The zero-order chi connectivity index (χ0) is 32.8. The summed E-state index contributed by atoms with van der Waals surface area (Å²) in [6, 6.07) is 16.9. The van der Waals surface area contributed by atoms with Gasteiger partial charge in [0.05, 0.1) is 18.8 Å². The molecule has 260 valence electrons. The molecule has 2 aromatic rings. The molecule has 4 nitrogen and oxygen atoms in total. The van der Waals surface area contributed by atoms with Crippen molar-refractivity contribution >= 4 is 11.4 Å². The van der Waals surface area contributed by atoms with E-state index in [4.69, 9.17) is 9.47 Å². The Morgan fingerprint density at radius 3 is 1.57 bits per heavy atom. The van der Waals surface area contributed by atoms with Gasteiger partial charge in [0, 0.05) is 12.1 Å². The van der Waals surface area contributed by atoms with E-state index in [1.807, 2.05) is 24.3 Å². The molecule has 0 aliphatic carbocycles. The van der Waals surface area contributed by atoms with Crippen LogP contribution in [0.3, 0.4) is 0 Å². The van der Waals surface area contributed by atoms with Gasteiger partial charge in [-0.25, -0.2) is 4.48 Å². The molecular weight excluding hydrogens is 576 g/mol. The highest BCUT2D eigenvalue weighted by Crippen LogP contribution is 2.44. The Balaban J connectivity index is 1.25. The number of para-hydroxylation sites is 4. The van der Waals surface area contributed by atoms with Crippen LogP contribution in [0.5, 0.6) is 11.5 Å². The molecule has 2 aliphatic rings. The predicted octanol–water partition coefficient (Wildman–Crippen LogP) is 13.2. The number of fused-ring (bicyclic) bond motifs is 2. The number of anilines is 1. The quantitative estimate of drug-likeness (QED) is 0.0817. The molecule has 1 N–H and O–H groups in total. The van der Waals surface area contributed by atoms with Crippen molar-refractivity contribution in [3.05, 3.63) is 72.6 Å². The first-order chi connectivity index (χ1) is 23.3. The first-order valence-corrected chi connectivity index (χ1v) is 19.8. The third kappa shape index (κ3) is 12.3. The minimum Gasteiger partial charge on any atom is -0.439 e. The molecule has 2 heterocycles. The number of nitrogens with one attached hydrogen (secondary N) is 1. The fraction of sp³-hybridized carbons (Fsp3) is 0.628. The van der Waals surface area contributed by atoms with E-state index in [1.165, 1.54) is 147 Å². The summed E-state index contributed by atoms with van der Waals surface area (Å²) >= 11 is 0. The van der Waals surface area contributed by atoms with Crippen LogP contribution >= 0.6 is 0 Å². The molecule has 0 saturated heterocycles. The van der Waals surface area contributed by atoms with Gasteiger partial charge in [-0.3, -0.25) is 0 Å². The van der Waals surface area contributed by atoms with Crippen molar-refractivity contribution in [2.45, 2.75) is 161 Å². The van der Waals surface area contributed by atoms with Crippen LogP contribution in [-0.2, 0) is 0 Å². The maximum atomic E-state index is 6.72. The molecule has 0 bridgehead atoms. The van der Waals surface area contributed by atoms with Crippen LogP contribution in [0.25, 0.3) is 0 Å². The summed E-state index contributed by atoms with van der Waals surface area (Å²) in [5.41, 5.74) is 2.39. The number of benzene rings is 2. The Hall–Kier alpha value is -2.72. The molecule has 0 fully saturated rings. The standard InChI is InChI=1S/C43H67N2O2/c1-3-5-7-9-11-12-13-14-15-16-17-18-19-20-22-28-37-45(36-27-21-10-8-6-4-2)39-31-24-26-33-41(39)47-43(45)35-29-34-42-44-38-30-23-25-32-40(38)46-42/h23-26,29-35,43-44H,3-22,27-28,36-37H2,1-2H3/q+1. The van der Waals surface area contributed by atoms with E-state index in [0.717, 1.165) is 40.6 Å². The van der Waals surface area contributed by atoms with E-state index >= 15 is 0 Å². The third-order valence-corrected chi connectivity index (χ3v) is 10.3. The molecule has 4 heteroatoms. The summed E-state index contributed by atoms with van der Waals surface area (Å²) in [5, 5.41) is 3.38. The molecule has 0 amide bonds. The van der Waals surface area contributed by atoms with Crippen molar-refractivity contribution in [2.24, 2.45) is 0 Å². The smallest absolute Gasteiger partial charge is 0.258 e. The van der Waals surface area contributed by atoms with Gasteiger partial charge >= 0.3 is 0 Å². The predicted molar refractivity (Wildman–Crippen MR) is 203 cm³/mol. The highest BCUT2D eigenvalue weighted by Gasteiger charge is 2.46. The topological polar surface area (TPSA) is 30.5 Å². The molecular formula is C43H67N2O2+. The molecule has 2 atom stereocenters. The molecule has 2 aliphatic heterocycles. The van der Waals surface area contributed by atoms with Crippen LogP contribution in [0.4, 0.5) is 11.4 Å². The van der Waals surface area contributed by atoms with Crippen molar-refractivity contribution in [1.82, 2.24) is 4.48 Å². The van der Waals surface area contributed by atoms with Crippen molar-refractivity contribution in [3.8, 4) is 11.5 Å². The van der Waals surface area contributed by atoms with Gasteiger partial charge in [0.15, 0.2) is 23.1 Å². The van der Waals surface area contributed by atoms with Gasteiger partial charge in [-0.2, -0.15) is 0 Å². The second-order valence-electron chi connectivity index (χ2n) is 14.2. The fourth-order valence-electron chi connectivity index (χ4n) is 7.47. The van der Waals surface area contributed by atoms with Gasteiger partial charge in [0.1, 0.15) is 0 Å². The van der Waals surface area contributed by atoms with E-state index in [9.17, 15) is 0 Å². The van der Waals surface area contributed by atoms with E-state index in [-0.39, 0.29) is 6.23 Å². The number of rotatable bonds is 26. The highest BCUT2D eigenvalue weighted by molar-refractivity contribution is 5.64. The molecule has 0 spiro atoms. The maximum absolute atomic E-state index is 6.72. The lowest BCUT2D eigenvalue weighted by atomic mass is 10.0. The van der Waals surface area contributed by atoms with E-state index < -0.39 is 0 Å². The number of hydrogen-bond donors (Lipinski definition) is 1. The fourth-order valence-corrected chi connectivity index (χ4v) is 7.47. The Labute approximate surface area is 288 Å². The van der Waals surface area contributed by atoms with Gasteiger partial charge < -0.3 is 14.8 Å². The first-order valence-electron chi connectivity index (χ1n) is 19.8. The highest BCUT2D eigenvalue weighted by atomic mass is 16.5. The summed E-state index contributed by atoms with van der Waals surface area (Å²) in [5.74, 6) is 2.71. The minimum absolute atomic E-state index is 0.0139. The number of quaternary nitrogens is 1. The number of allylic oxidation sites excluding steroid dienone is 2. The second-order valence-corrected chi connectivity index (χ2v) is 14.2. The largest absolute Gasteiger partial charge is 0.439 e. The molecule has 0 saturated carbocycles. The molecule has 2 aromatic carbocycles. The summed E-state index contributed by atoms with van der Waals surface area (Å²) in [6.45, 7) is 6.87. The van der Waals surface area contributed by atoms with Gasteiger partial charge in [0.25, 0.3) is 6.23 Å². The number of nitrogens with zero attached hydrogens (tertiary/aromatic N) is 1. The zero-order valence-corrected chi connectivity index (χ0v) is 30.2. The zero-order valence-electron chi connectivity index (χ0n) is 30.2. The minimum atomic E-state index is -0.0139. The average Bonchev–Trinajstić information content (AvgIpc) is 3.65. The molecule has 4 rings (SSSR count). The maximum Gasteiger partial charge on any atom is 0.258 e. The Morgan fingerprint density at radius 2 is 1.04 bits per heavy atom. The Morgan fingerprint density at radius 1 is 0.574 bits per heavy atom. The summed E-state index contributed by atoms with van der Waals surface area (Å²) in [7, 11) is 0. The second kappa shape index (κ2) is 22.0. The normalized spacial score (nSPS) is 19.1. The van der Waals surface area contributed by atoms with Crippen LogP contribution in [0.15, 0.2) is 72.6 Å². The van der Waals surface area contributed by atoms with Gasteiger partial charge in [-0.15, -0.1) is 0 Å². The van der Waals surface area contributed by atoms with E-state index in [2.05, 4.69) is 61.6 Å². The SMILES string of the molecule is CCCCCCCCCCCCCCCCCC[N+]1(CCCCCCCC)c2ccccc2OC1C=CC=C1Nc2ccccc2O1. The van der Waals surface area contributed by atoms with Crippen molar-refractivity contribution in [2.75, 3.05) is 18.4 Å². The average molecular weight is 644 g/mol. The van der Waals surface area contributed by atoms with Gasteiger partial charge in [-0.05, 0) is 50.0 Å². The molecule has 47 heavy (non-hydrogen) atoms. The van der Waals surface area contributed by atoms with Gasteiger partial charge in [-0.1, -0.05) is 160 Å². The van der Waals surface area contributed by atoms with Crippen molar-refractivity contribution in [1.29, 1.82) is 0 Å². The summed E-state index contributed by atoms with van der Waals surface area (Å²) in [6.07, 6.45) is 36.8. The van der Waals surface area contributed by atoms with Crippen molar-refractivity contribution in [3.63, 3.8) is 0 Å². The first kappa shape index (κ1) is 37.1. The Bertz CT molecular complexity index is 1160. The van der Waals surface area contributed by atoms with Crippen LogP contribution in [0.2, 0.25) is 0 Å². The van der Waals surface area contributed by atoms with Crippen LogP contribution in [0.1, 0.15) is 155 Å². The number of unbranched alkanes of at least 4 members (excludes halogenated alkanes) is 20. The molecule has 2 unspecified atom stereocenters. The lowest BCUT2D eigenvalue weighted by molar-refractivity contribution is 0.101. The third-order valence-electron chi connectivity index (χ3n) is 10.3. The van der Waals surface area contributed by atoms with Crippen LogP contribution in [-0.4, -0.2) is 19.3 Å². The lowest BCUT2D eigenvalue weighted by Crippen LogP contribution is -2.56. The van der Waals surface area contributed by atoms with Crippen molar-refractivity contribution < 1.29 is 9.47 Å². The lowest BCUT2D eigenvalue weighted by Gasteiger charge is -2.37. The molecule has 0 aromatic heterocycles. The summed E-state index contributed by atoms with van der Waals surface area (Å²) in [4.78, 5) is 0. The molecule has 0 radical (unpaired) electrons. The van der Waals surface area contributed by atoms with E-state index in [1.54, 1.807) is 0 Å².